The average Bonchev–Trinajstić information content (AvgIpc) is 2.43. The van der Waals surface area contributed by atoms with E-state index in [2.05, 4.69) is 10.3 Å². The third-order valence-corrected chi connectivity index (χ3v) is 2.63. The molecule has 0 radical (unpaired) electrons. The van der Waals surface area contributed by atoms with Crippen molar-refractivity contribution in [3.8, 4) is 0 Å². The molecule has 0 spiro atoms. The van der Waals surface area contributed by atoms with Gasteiger partial charge in [0, 0.05) is 17.1 Å². The van der Waals surface area contributed by atoms with Crippen LogP contribution >= 0.6 is 0 Å². The Morgan fingerprint density at radius 3 is 2.79 bits per heavy atom. The highest BCUT2D eigenvalue weighted by atomic mass is 16.4. The van der Waals surface area contributed by atoms with Crippen LogP contribution in [-0.2, 0) is 4.79 Å². The first-order chi connectivity index (χ1) is 9.09. The van der Waals surface area contributed by atoms with Crippen molar-refractivity contribution in [3.05, 3.63) is 42.1 Å². The lowest BCUT2D eigenvalue weighted by Gasteiger charge is -2.09. The third kappa shape index (κ3) is 2.86. The van der Waals surface area contributed by atoms with Gasteiger partial charge in [0.25, 0.3) is 5.91 Å². The topological polar surface area (TPSA) is 99.5 Å². The molecule has 2 rings (SSSR count). The predicted octanol–water partition coefficient (Wildman–Crippen LogP) is 0.410. The summed E-state index contributed by atoms with van der Waals surface area (Å²) in [6, 6.07) is 8.55. The molecule has 6 heteroatoms. The van der Waals surface area contributed by atoms with E-state index in [4.69, 9.17) is 10.2 Å². The predicted molar refractivity (Wildman–Crippen MR) is 67.7 cm³/mol. The number of nitrogens with zero attached hydrogens (tertiary/aromatic N) is 1. The Kier molecular flexibility index (Phi) is 3.72. The van der Waals surface area contributed by atoms with Gasteiger partial charge in [0.05, 0.1) is 12.1 Å². The average molecular weight is 260 g/mol. The molecule has 0 aliphatic rings. The van der Waals surface area contributed by atoms with Crippen molar-refractivity contribution in [2.75, 3.05) is 6.54 Å². The fourth-order valence-corrected chi connectivity index (χ4v) is 1.67. The van der Waals surface area contributed by atoms with E-state index in [0.717, 1.165) is 0 Å². The number of hydrogen-bond donors (Lipinski definition) is 3. The number of carbonyl (C=O) groups excluding carboxylic acids is 1. The molecular formula is C13H12N2O4. The van der Waals surface area contributed by atoms with Crippen LogP contribution < -0.4 is 5.32 Å². The molecule has 1 aromatic heterocycles. The molecule has 0 bridgehead atoms. The lowest BCUT2D eigenvalue weighted by Crippen LogP contribution is -2.36. The van der Waals surface area contributed by atoms with Gasteiger partial charge in [0.1, 0.15) is 0 Å². The van der Waals surface area contributed by atoms with Gasteiger partial charge < -0.3 is 15.5 Å². The summed E-state index contributed by atoms with van der Waals surface area (Å²) in [5, 5.41) is 20.7. The molecular weight excluding hydrogens is 248 g/mol. The number of benzene rings is 1. The van der Waals surface area contributed by atoms with Crippen LogP contribution in [-0.4, -0.2) is 39.7 Å². The zero-order valence-electron chi connectivity index (χ0n) is 9.91. The van der Waals surface area contributed by atoms with Crippen molar-refractivity contribution >= 4 is 22.8 Å². The number of fused-ring (bicyclic) bond motifs is 1. The van der Waals surface area contributed by atoms with E-state index >= 15 is 0 Å². The Morgan fingerprint density at radius 2 is 2.05 bits per heavy atom. The molecule has 1 aromatic carbocycles. The number of nitrogens with one attached hydrogen (secondary N) is 1. The molecule has 0 aliphatic carbocycles. The molecule has 2 aromatic rings. The van der Waals surface area contributed by atoms with Crippen molar-refractivity contribution < 1.29 is 19.8 Å². The van der Waals surface area contributed by atoms with Crippen LogP contribution in [0, 0.1) is 0 Å². The van der Waals surface area contributed by atoms with E-state index in [1.807, 2.05) is 0 Å². The summed E-state index contributed by atoms with van der Waals surface area (Å²) in [5.41, 5.74) is 1.07. The third-order valence-electron chi connectivity index (χ3n) is 2.63. The number of carboxylic acid groups (broad SMARTS) is 1. The van der Waals surface area contributed by atoms with Crippen LogP contribution in [0.5, 0.6) is 0 Å². The van der Waals surface area contributed by atoms with Crippen LogP contribution in [0.25, 0.3) is 10.9 Å². The monoisotopic (exact) mass is 260 g/mol. The minimum absolute atomic E-state index is 0.342. The Hall–Kier alpha value is -2.47. The fraction of sp³-hybridized carbons (Fsp3) is 0.154. The van der Waals surface area contributed by atoms with Gasteiger partial charge in [0.15, 0.2) is 6.10 Å². The molecule has 0 fully saturated rings. The van der Waals surface area contributed by atoms with E-state index in [-0.39, 0.29) is 6.54 Å². The van der Waals surface area contributed by atoms with Gasteiger partial charge in [-0.3, -0.25) is 9.78 Å². The first kappa shape index (κ1) is 13.0. The maximum atomic E-state index is 11.9. The summed E-state index contributed by atoms with van der Waals surface area (Å²) in [7, 11) is 0. The lowest BCUT2D eigenvalue weighted by molar-refractivity contribution is -0.146. The van der Waals surface area contributed by atoms with Gasteiger partial charge in [-0.05, 0) is 18.2 Å². The maximum absolute atomic E-state index is 11.9. The summed E-state index contributed by atoms with van der Waals surface area (Å²) in [6.07, 6.45) is 0.00937. The number of carbonyl (C=O) groups is 2. The minimum Gasteiger partial charge on any atom is -0.479 e. The van der Waals surface area contributed by atoms with Gasteiger partial charge in [-0.2, -0.15) is 0 Å². The number of aromatic nitrogens is 1. The van der Waals surface area contributed by atoms with Crippen molar-refractivity contribution in [1.29, 1.82) is 0 Å². The molecule has 1 atom stereocenters. The van der Waals surface area contributed by atoms with Crippen molar-refractivity contribution in [2.24, 2.45) is 0 Å². The molecule has 0 aliphatic heterocycles. The fourth-order valence-electron chi connectivity index (χ4n) is 1.67. The van der Waals surface area contributed by atoms with Crippen molar-refractivity contribution in [2.45, 2.75) is 6.10 Å². The number of rotatable bonds is 4. The van der Waals surface area contributed by atoms with Crippen molar-refractivity contribution in [1.82, 2.24) is 10.3 Å². The van der Waals surface area contributed by atoms with Gasteiger partial charge in [0.2, 0.25) is 0 Å². The molecule has 0 saturated carbocycles. The molecule has 98 valence electrons. The van der Waals surface area contributed by atoms with Crippen LogP contribution in [0.2, 0.25) is 0 Å². The maximum Gasteiger partial charge on any atom is 0.334 e. The van der Waals surface area contributed by atoms with Crippen LogP contribution in [0.15, 0.2) is 36.5 Å². The number of aliphatic hydroxyl groups excluding tert-OH is 1. The first-order valence-corrected chi connectivity index (χ1v) is 5.62. The van der Waals surface area contributed by atoms with E-state index in [0.29, 0.717) is 16.5 Å². The Balaban J connectivity index is 2.20. The first-order valence-electron chi connectivity index (χ1n) is 5.62. The molecule has 1 amide bonds. The van der Waals surface area contributed by atoms with Gasteiger partial charge >= 0.3 is 5.97 Å². The normalized spacial score (nSPS) is 12.1. The molecule has 3 N–H and O–H groups in total. The van der Waals surface area contributed by atoms with Crippen LogP contribution in [0.1, 0.15) is 10.4 Å². The molecule has 1 heterocycles. The van der Waals surface area contributed by atoms with Crippen LogP contribution in [0.4, 0.5) is 0 Å². The summed E-state index contributed by atoms with van der Waals surface area (Å²) in [6.45, 7) is -0.342. The van der Waals surface area contributed by atoms with Crippen LogP contribution in [0.3, 0.4) is 0 Å². The number of aliphatic hydroxyl groups is 1. The zero-order valence-corrected chi connectivity index (χ0v) is 9.91. The largest absolute Gasteiger partial charge is 0.479 e. The second-order valence-corrected chi connectivity index (χ2v) is 3.94. The highest BCUT2D eigenvalue weighted by molar-refractivity contribution is 6.06. The second-order valence-electron chi connectivity index (χ2n) is 3.94. The number of aliphatic carboxylic acids is 1. The number of pyridine rings is 1. The van der Waals surface area contributed by atoms with E-state index in [1.54, 1.807) is 36.5 Å². The van der Waals surface area contributed by atoms with E-state index < -0.39 is 18.0 Å². The van der Waals surface area contributed by atoms with Gasteiger partial charge in [-0.15, -0.1) is 0 Å². The van der Waals surface area contributed by atoms with E-state index in [9.17, 15) is 9.59 Å². The quantitative estimate of drug-likeness (QED) is 0.739. The molecule has 19 heavy (non-hydrogen) atoms. The summed E-state index contributed by atoms with van der Waals surface area (Å²) >= 11 is 0. The Bertz CT molecular complexity index is 622. The lowest BCUT2D eigenvalue weighted by atomic mass is 10.1. The zero-order chi connectivity index (χ0) is 13.8. The number of amides is 1. The van der Waals surface area contributed by atoms with Gasteiger partial charge in [-0.1, -0.05) is 12.1 Å². The highest BCUT2D eigenvalue weighted by Crippen LogP contribution is 2.16. The van der Waals surface area contributed by atoms with E-state index in [1.165, 1.54) is 0 Å². The second kappa shape index (κ2) is 5.45. The summed E-state index contributed by atoms with van der Waals surface area (Å²) in [5.74, 6) is -1.82. The Morgan fingerprint density at radius 1 is 1.26 bits per heavy atom. The molecule has 0 unspecified atom stereocenters. The Labute approximate surface area is 108 Å². The molecule has 6 nitrogen and oxygen atoms in total. The highest BCUT2D eigenvalue weighted by Gasteiger charge is 2.16. The number of hydrogen-bond acceptors (Lipinski definition) is 4. The standard InChI is InChI=1S/C13H12N2O4/c16-11(13(18)19)7-15-12(17)9-3-1-5-10-8(9)4-2-6-14-10/h1-6,11,16H,7H2,(H,15,17)(H,18,19)/t11-/m0/s1. The number of carboxylic acids is 1. The smallest absolute Gasteiger partial charge is 0.334 e. The summed E-state index contributed by atoms with van der Waals surface area (Å²) < 4.78 is 0. The van der Waals surface area contributed by atoms with Gasteiger partial charge in [-0.25, -0.2) is 4.79 Å². The SMILES string of the molecule is O=C(NC[C@H](O)C(=O)O)c1cccc2ncccc12. The minimum atomic E-state index is -1.61. The molecule has 0 saturated heterocycles. The van der Waals surface area contributed by atoms with Crippen molar-refractivity contribution in [3.63, 3.8) is 0 Å². The summed E-state index contributed by atoms with van der Waals surface area (Å²) in [4.78, 5) is 26.5.